The molecule has 1 saturated heterocycles. The Morgan fingerprint density at radius 2 is 1.74 bits per heavy atom. The van der Waals surface area contributed by atoms with Crippen LogP contribution in [0.3, 0.4) is 0 Å². The number of likely N-dealkylation sites (tertiary alicyclic amines) is 1. The number of carboxylic acid groups (broad SMARTS) is 1. The first kappa shape index (κ1) is 42.6. The van der Waals surface area contributed by atoms with E-state index in [1.54, 1.807) is 36.9 Å². The minimum atomic E-state index is -4.24. The summed E-state index contributed by atoms with van der Waals surface area (Å²) in [5, 5.41) is 22.4. The van der Waals surface area contributed by atoms with Gasteiger partial charge in [0.05, 0.1) is 24.5 Å². The SMILES string of the molecule is CC(=O)O.CCCCN(CCNP(=O)(OCC)OCC)C(=O)[C@H](CC(=O)N[C@H]1CCCN(C(=N)N)C1)NS(=O)(=O)c1ccc2ccccc2c1. The summed E-state index contributed by atoms with van der Waals surface area (Å²) in [4.78, 5) is 39.5. The van der Waals surface area contributed by atoms with E-state index in [-0.39, 0.29) is 49.7 Å². The van der Waals surface area contributed by atoms with Crippen molar-refractivity contribution in [1.29, 1.82) is 5.41 Å². The minimum absolute atomic E-state index is 0.0371. The van der Waals surface area contributed by atoms with Crippen molar-refractivity contribution >= 4 is 52.3 Å². The van der Waals surface area contributed by atoms with Gasteiger partial charge in [-0.3, -0.25) is 28.8 Å². The van der Waals surface area contributed by atoms with Crippen molar-refractivity contribution in [2.75, 3.05) is 45.9 Å². The molecule has 2 aromatic carbocycles. The van der Waals surface area contributed by atoms with Crippen molar-refractivity contribution in [3.05, 3.63) is 42.5 Å². The number of sulfonamides is 1. The normalized spacial score (nSPS) is 15.4. The molecule has 0 saturated carbocycles. The molecule has 2 aromatic rings. The third-order valence-electron chi connectivity index (χ3n) is 7.52. The van der Waals surface area contributed by atoms with Gasteiger partial charge in [-0.05, 0) is 56.0 Å². The predicted octanol–water partition coefficient (Wildman–Crippen LogP) is 2.84. The molecule has 1 aliphatic heterocycles. The number of piperidine rings is 1. The van der Waals surface area contributed by atoms with Crippen molar-refractivity contribution in [3.8, 4) is 0 Å². The Kier molecular flexibility index (Phi) is 17.8. The second-order valence-corrected chi connectivity index (χ2v) is 15.1. The minimum Gasteiger partial charge on any atom is -0.481 e. The largest absolute Gasteiger partial charge is 0.481 e. The Labute approximate surface area is 294 Å². The number of carbonyl (C=O) groups excluding carboxylic acids is 2. The van der Waals surface area contributed by atoms with Crippen LogP contribution in [0.25, 0.3) is 10.8 Å². The molecule has 0 bridgehead atoms. The van der Waals surface area contributed by atoms with Gasteiger partial charge in [-0.15, -0.1) is 0 Å². The van der Waals surface area contributed by atoms with Gasteiger partial charge < -0.3 is 26.0 Å². The lowest BCUT2D eigenvalue weighted by Gasteiger charge is -2.33. The molecule has 0 spiro atoms. The fourth-order valence-electron chi connectivity index (χ4n) is 5.25. The fourth-order valence-corrected chi connectivity index (χ4v) is 7.78. The molecular weight excluding hydrogens is 689 g/mol. The maximum atomic E-state index is 14.1. The van der Waals surface area contributed by atoms with Gasteiger partial charge in [-0.2, -0.15) is 4.72 Å². The number of nitrogens with zero attached hydrogens (tertiary/aromatic N) is 2. The lowest BCUT2D eigenvalue weighted by molar-refractivity contribution is -0.136. The molecule has 3 rings (SSSR count). The van der Waals surface area contributed by atoms with E-state index in [0.29, 0.717) is 37.7 Å². The summed E-state index contributed by atoms with van der Waals surface area (Å²) < 4.78 is 53.3. The molecule has 0 unspecified atom stereocenters. The van der Waals surface area contributed by atoms with Gasteiger partial charge in [0, 0.05) is 45.7 Å². The molecular formula is C32H52N7O9PS. The van der Waals surface area contributed by atoms with Crippen molar-refractivity contribution in [1.82, 2.24) is 24.9 Å². The molecule has 16 nitrogen and oxygen atoms in total. The van der Waals surface area contributed by atoms with Crippen LogP contribution in [0.15, 0.2) is 47.4 Å². The van der Waals surface area contributed by atoms with Crippen molar-refractivity contribution in [3.63, 3.8) is 0 Å². The van der Waals surface area contributed by atoms with Crippen molar-refractivity contribution < 1.29 is 41.5 Å². The van der Waals surface area contributed by atoms with Gasteiger partial charge in [0.25, 0.3) is 5.97 Å². The smallest absolute Gasteiger partial charge is 0.405 e. The number of unbranched alkanes of at least 4 members (excludes halogenated alkanes) is 1. The zero-order valence-corrected chi connectivity index (χ0v) is 30.9. The Bertz CT molecular complexity index is 1580. The van der Waals surface area contributed by atoms with E-state index >= 15 is 0 Å². The lowest BCUT2D eigenvalue weighted by atomic mass is 10.1. The number of aliphatic carboxylic acids is 1. The Hall–Kier alpha value is -3.60. The summed E-state index contributed by atoms with van der Waals surface area (Å²) in [7, 11) is -7.83. The number of amides is 2. The van der Waals surface area contributed by atoms with Crippen LogP contribution in [-0.4, -0.2) is 105 Å². The molecule has 280 valence electrons. The number of nitrogens with two attached hydrogens (primary N) is 1. The van der Waals surface area contributed by atoms with Crippen molar-refractivity contribution in [2.24, 2.45) is 5.73 Å². The highest BCUT2D eigenvalue weighted by Gasteiger charge is 2.33. The van der Waals surface area contributed by atoms with Gasteiger partial charge in [0.2, 0.25) is 21.8 Å². The standard InChI is InChI=1S/C30H48N7O7PS.C2H4O2/c1-4-7-17-36(19-16-33-45(40,43-5-2)44-6-3)29(39)27(21-28(38)34-25-13-10-18-37(22-25)30(31)32)35-46(41,42)26-15-14-23-11-8-9-12-24(23)20-26;1-2(3)4/h8-9,11-12,14-15,20,25,27,35H,4-7,10,13,16-19,21-22H2,1-3H3,(H3,31,32)(H,33,40)(H,34,38);1H3,(H,3,4)/t25-,27-;/m0./s1. The molecule has 0 aromatic heterocycles. The van der Waals surface area contributed by atoms with E-state index in [1.165, 1.54) is 17.0 Å². The van der Waals surface area contributed by atoms with Crippen LogP contribution >= 0.6 is 7.75 Å². The Morgan fingerprint density at radius 3 is 2.34 bits per heavy atom. The van der Waals surface area contributed by atoms with Gasteiger partial charge in [-0.1, -0.05) is 43.7 Å². The molecule has 0 aliphatic carbocycles. The fraction of sp³-hybridized carbons (Fsp3) is 0.562. The summed E-state index contributed by atoms with van der Waals surface area (Å²) in [6, 6.07) is 10.2. The maximum Gasteiger partial charge on any atom is 0.405 e. The first-order valence-corrected chi connectivity index (χ1v) is 19.7. The van der Waals surface area contributed by atoms with Crippen LogP contribution in [0.1, 0.15) is 59.8 Å². The Morgan fingerprint density at radius 1 is 1.10 bits per heavy atom. The number of rotatable bonds is 18. The maximum absolute atomic E-state index is 14.1. The third-order valence-corrected chi connectivity index (χ3v) is 10.8. The first-order valence-electron chi connectivity index (χ1n) is 16.7. The Balaban J connectivity index is 0.00000205. The average Bonchev–Trinajstić information content (AvgIpc) is 3.05. The van der Waals surface area contributed by atoms with Gasteiger partial charge >= 0.3 is 7.75 Å². The van der Waals surface area contributed by atoms with Gasteiger partial charge in [-0.25, -0.2) is 18.1 Å². The van der Waals surface area contributed by atoms with Crippen molar-refractivity contribution in [2.45, 2.75) is 76.8 Å². The zero-order chi connectivity index (χ0) is 37.3. The topological polar surface area (TPSA) is 234 Å². The number of nitrogens with one attached hydrogen (secondary N) is 4. The number of carbonyl (C=O) groups is 3. The van der Waals surface area contributed by atoms with E-state index in [2.05, 4.69) is 15.1 Å². The molecule has 1 aliphatic rings. The zero-order valence-electron chi connectivity index (χ0n) is 29.2. The number of benzene rings is 2. The highest BCUT2D eigenvalue weighted by atomic mass is 32.2. The quantitative estimate of drug-likeness (QED) is 0.0736. The second-order valence-electron chi connectivity index (χ2n) is 11.6. The average molecular weight is 742 g/mol. The van der Waals surface area contributed by atoms with Crippen LogP contribution in [0, 0.1) is 5.41 Å². The third kappa shape index (κ3) is 14.3. The van der Waals surface area contributed by atoms with Gasteiger partial charge in [0.1, 0.15) is 6.04 Å². The molecule has 0 radical (unpaired) electrons. The molecule has 1 heterocycles. The van der Waals surface area contributed by atoms with E-state index < -0.39 is 48.0 Å². The number of carboxylic acids is 1. The highest BCUT2D eigenvalue weighted by molar-refractivity contribution is 7.89. The van der Waals surface area contributed by atoms with Gasteiger partial charge in [0.15, 0.2) is 5.96 Å². The summed E-state index contributed by atoms with van der Waals surface area (Å²) in [5.74, 6) is -2.03. The van der Waals surface area contributed by atoms with E-state index in [1.807, 2.05) is 19.1 Å². The summed E-state index contributed by atoms with van der Waals surface area (Å²) in [6.07, 6.45) is 2.31. The monoisotopic (exact) mass is 741 g/mol. The summed E-state index contributed by atoms with van der Waals surface area (Å²) in [6.45, 7) is 8.08. The molecule has 7 N–H and O–H groups in total. The van der Waals surface area contributed by atoms with Crippen LogP contribution < -0.4 is 20.9 Å². The number of fused-ring (bicyclic) bond motifs is 1. The van der Waals surface area contributed by atoms with E-state index in [9.17, 15) is 22.6 Å². The predicted molar refractivity (Wildman–Crippen MR) is 191 cm³/mol. The molecule has 18 heteroatoms. The summed E-state index contributed by atoms with van der Waals surface area (Å²) >= 11 is 0. The highest BCUT2D eigenvalue weighted by Crippen LogP contribution is 2.42. The number of hydrogen-bond acceptors (Lipinski definition) is 9. The van der Waals surface area contributed by atoms with E-state index in [0.717, 1.165) is 18.7 Å². The molecule has 2 amide bonds. The molecule has 50 heavy (non-hydrogen) atoms. The van der Waals surface area contributed by atoms with E-state index in [4.69, 9.17) is 30.1 Å². The second kappa shape index (κ2) is 20.9. The van der Waals surface area contributed by atoms with Crippen LogP contribution in [0.4, 0.5) is 0 Å². The molecule has 2 atom stereocenters. The van der Waals surface area contributed by atoms with Crippen LogP contribution in [0.5, 0.6) is 0 Å². The summed E-state index contributed by atoms with van der Waals surface area (Å²) in [5.41, 5.74) is 5.64. The number of hydrogen-bond donors (Lipinski definition) is 6. The van der Waals surface area contributed by atoms with Crippen LogP contribution in [-0.2, 0) is 38.0 Å². The lowest BCUT2D eigenvalue weighted by Crippen LogP contribution is -2.54. The van der Waals surface area contributed by atoms with Crippen LogP contribution in [0.2, 0.25) is 0 Å². The number of guanidine groups is 1. The molecule has 1 fully saturated rings. The first-order chi connectivity index (χ1) is 23.6.